The van der Waals surface area contributed by atoms with Crippen molar-refractivity contribution in [3.05, 3.63) is 0 Å². The molecule has 0 spiro atoms. The molecule has 0 unspecified atom stereocenters. The van der Waals surface area contributed by atoms with Gasteiger partial charge in [-0.1, -0.05) is 0 Å². The molecule has 0 aliphatic carbocycles. The molecule has 0 saturated heterocycles. The maximum absolute atomic E-state index is 12.3. The zero-order valence-electron chi connectivity index (χ0n) is 11.7. The summed E-state index contributed by atoms with van der Waals surface area (Å²) in [6, 6.07) is 5.70. The van der Waals surface area contributed by atoms with Crippen molar-refractivity contribution in [1.82, 2.24) is 0 Å². The highest BCUT2D eigenvalue weighted by molar-refractivity contribution is 7.48. The molecule has 0 aromatic heterocycles. The number of hydrogen-bond acceptors (Lipinski definition) is 7. The lowest BCUT2D eigenvalue weighted by Crippen LogP contribution is -2.30. The van der Waals surface area contributed by atoms with Crippen molar-refractivity contribution in [2.45, 2.75) is 45.1 Å². The van der Waals surface area contributed by atoms with E-state index in [1.807, 2.05) is 18.2 Å². The van der Waals surface area contributed by atoms with Gasteiger partial charge >= 0.3 is 7.82 Å². The Bertz CT molecular complexity index is 433. The Morgan fingerprint density at radius 3 is 1.75 bits per heavy atom. The molecule has 0 heterocycles. The Balaban J connectivity index is 5.20. The van der Waals surface area contributed by atoms with E-state index in [9.17, 15) is 9.83 Å². The van der Waals surface area contributed by atoms with Crippen molar-refractivity contribution in [3.63, 3.8) is 0 Å². The predicted molar refractivity (Wildman–Crippen MR) is 70.0 cm³/mol. The van der Waals surface area contributed by atoms with Gasteiger partial charge in [-0.3, -0.25) is 13.6 Å². The summed E-state index contributed by atoms with van der Waals surface area (Å²) in [6.07, 6.45) is 0.145. The number of phosphoric acid groups is 1. The van der Waals surface area contributed by atoms with Crippen LogP contribution in [0.2, 0.25) is 0 Å². The van der Waals surface area contributed by atoms with Gasteiger partial charge in [0.2, 0.25) is 0 Å². The Kier molecular flexibility index (Phi) is 8.81. The molecule has 0 saturated carbocycles. The first-order valence-electron chi connectivity index (χ1n) is 6.26. The summed E-state index contributed by atoms with van der Waals surface area (Å²) in [7, 11) is -3.88. The SMILES string of the molecule is CCOP(=O)(OCC)OC(C#N)(CCC#N)CCC#N. The smallest absolute Gasteiger partial charge is 0.287 e. The summed E-state index contributed by atoms with van der Waals surface area (Å²) >= 11 is 0. The highest BCUT2D eigenvalue weighted by atomic mass is 31.2. The molecule has 0 aromatic carbocycles. The number of rotatable bonds is 10. The van der Waals surface area contributed by atoms with Crippen LogP contribution in [0.15, 0.2) is 0 Å². The molecule has 8 heteroatoms. The Labute approximate surface area is 119 Å². The Hall–Kier alpha value is -1.42. The molecule has 0 atom stereocenters. The summed E-state index contributed by atoms with van der Waals surface area (Å²) in [5, 5.41) is 26.6. The Morgan fingerprint density at radius 1 is 1.00 bits per heavy atom. The van der Waals surface area contributed by atoms with E-state index in [0.29, 0.717) is 0 Å². The summed E-state index contributed by atoms with van der Waals surface area (Å²) in [5.41, 5.74) is -1.52. The van der Waals surface area contributed by atoms with Gasteiger partial charge in [-0.25, -0.2) is 4.57 Å². The van der Waals surface area contributed by atoms with Gasteiger partial charge in [0.25, 0.3) is 0 Å². The minimum atomic E-state index is -3.88. The molecule has 7 nitrogen and oxygen atoms in total. The molecule has 0 radical (unpaired) electrons. The van der Waals surface area contributed by atoms with Gasteiger partial charge in [-0.15, -0.1) is 0 Å². The van der Waals surface area contributed by atoms with Crippen LogP contribution in [0, 0.1) is 34.0 Å². The third-order valence-electron chi connectivity index (χ3n) is 2.35. The van der Waals surface area contributed by atoms with E-state index in [1.165, 1.54) is 0 Å². The number of phosphoric ester groups is 1. The summed E-state index contributed by atoms with van der Waals surface area (Å²) < 4.78 is 27.6. The molecule has 0 aromatic rings. The van der Waals surface area contributed by atoms with Crippen LogP contribution >= 0.6 is 7.82 Å². The fraction of sp³-hybridized carbons (Fsp3) is 0.750. The van der Waals surface area contributed by atoms with Crippen LogP contribution in [0.1, 0.15) is 39.5 Å². The molecule has 20 heavy (non-hydrogen) atoms. The molecule has 0 N–H and O–H groups in total. The second-order valence-electron chi connectivity index (χ2n) is 3.80. The number of hydrogen-bond donors (Lipinski definition) is 0. The van der Waals surface area contributed by atoms with E-state index in [0.717, 1.165) is 0 Å². The lowest BCUT2D eigenvalue weighted by molar-refractivity contribution is 0.0378. The first kappa shape index (κ1) is 18.6. The molecule has 0 aliphatic rings. The van der Waals surface area contributed by atoms with Gasteiger partial charge in [0.1, 0.15) is 0 Å². The maximum atomic E-state index is 12.3. The van der Waals surface area contributed by atoms with Crippen molar-refractivity contribution < 1.29 is 18.1 Å². The summed E-state index contributed by atoms with van der Waals surface area (Å²) in [6.45, 7) is 3.42. The minimum absolute atomic E-state index is 0.0336. The zero-order valence-corrected chi connectivity index (χ0v) is 12.6. The highest BCUT2D eigenvalue weighted by Crippen LogP contribution is 2.54. The zero-order chi connectivity index (χ0) is 15.5. The lowest BCUT2D eigenvalue weighted by atomic mass is 9.94. The molecular weight excluding hydrogens is 281 g/mol. The first-order valence-corrected chi connectivity index (χ1v) is 7.72. The van der Waals surface area contributed by atoms with Crippen molar-refractivity contribution in [2.75, 3.05) is 13.2 Å². The number of nitriles is 3. The highest BCUT2D eigenvalue weighted by Gasteiger charge is 2.41. The summed E-state index contributed by atoms with van der Waals surface area (Å²) in [5.74, 6) is 0. The van der Waals surface area contributed by atoms with Crippen LogP contribution < -0.4 is 0 Å². The van der Waals surface area contributed by atoms with Crippen molar-refractivity contribution >= 4 is 7.82 Å². The van der Waals surface area contributed by atoms with E-state index < -0.39 is 13.4 Å². The van der Waals surface area contributed by atoms with Gasteiger partial charge in [0.15, 0.2) is 5.60 Å². The van der Waals surface area contributed by atoms with Gasteiger partial charge in [-0.05, 0) is 13.8 Å². The quantitative estimate of drug-likeness (QED) is 0.569. The normalized spacial score (nSPS) is 11.3. The Morgan fingerprint density at radius 2 is 1.45 bits per heavy atom. The van der Waals surface area contributed by atoms with Gasteiger partial charge in [-0.2, -0.15) is 15.8 Å². The van der Waals surface area contributed by atoms with Gasteiger partial charge < -0.3 is 0 Å². The van der Waals surface area contributed by atoms with Crippen molar-refractivity contribution in [2.24, 2.45) is 0 Å². The van der Waals surface area contributed by atoms with Gasteiger partial charge in [0.05, 0.1) is 31.4 Å². The first-order chi connectivity index (χ1) is 9.51. The van der Waals surface area contributed by atoms with Gasteiger partial charge in [0, 0.05) is 25.7 Å². The van der Waals surface area contributed by atoms with E-state index in [-0.39, 0.29) is 38.9 Å². The van der Waals surface area contributed by atoms with E-state index in [1.54, 1.807) is 13.8 Å². The van der Waals surface area contributed by atoms with Crippen LogP contribution in [0.4, 0.5) is 0 Å². The van der Waals surface area contributed by atoms with Crippen LogP contribution in [0.25, 0.3) is 0 Å². The molecule has 0 rings (SSSR count). The third-order valence-corrected chi connectivity index (χ3v) is 4.07. The lowest BCUT2D eigenvalue weighted by Gasteiger charge is -2.28. The summed E-state index contributed by atoms with van der Waals surface area (Å²) in [4.78, 5) is 0. The standard InChI is InChI=1S/C12H18N3O4P/c1-3-17-20(16,18-4-2)19-12(11-15,7-5-9-13)8-6-10-14/h3-8H2,1-2H3. The van der Waals surface area contributed by atoms with E-state index in [2.05, 4.69) is 0 Å². The minimum Gasteiger partial charge on any atom is -0.287 e. The van der Waals surface area contributed by atoms with Crippen molar-refractivity contribution in [3.8, 4) is 18.2 Å². The molecular formula is C12H18N3O4P. The average Bonchev–Trinajstić information content (AvgIpc) is 2.42. The molecule has 110 valence electrons. The predicted octanol–water partition coefficient (Wildman–Crippen LogP) is 3.05. The fourth-order valence-electron chi connectivity index (χ4n) is 1.48. The van der Waals surface area contributed by atoms with Crippen LogP contribution in [0.5, 0.6) is 0 Å². The van der Waals surface area contributed by atoms with Crippen molar-refractivity contribution in [1.29, 1.82) is 15.8 Å². The van der Waals surface area contributed by atoms with E-state index >= 15 is 0 Å². The number of nitrogens with zero attached hydrogens (tertiary/aromatic N) is 3. The van der Waals surface area contributed by atoms with Crippen LogP contribution in [-0.4, -0.2) is 18.8 Å². The van der Waals surface area contributed by atoms with Crippen LogP contribution in [-0.2, 0) is 18.1 Å². The maximum Gasteiger partial charge on any atom is 0.476 e. The average molecular weight is 299 g/mol. The molecule has 0 amide bonds. The van der Waals surface area contributed by atoms with E-state index in [4.69, 9.17) is 24.1 Å². The third kappa shape index (κ3) is 6.15. The second kappa shape index (κ2) is 9.48. The largest absolute Gasteiger partial charge is 0.476 e. The molecule has 0 aliphatic heterocycles. The van der Waals surface area contributed by atoms with Crippen LogP contribution in [0.3, 0.4) is 0 Å². The second-order valence-corrected chi connectivity index (χ2v) is 5.39. The molecule has 0 bridgehead atoms. The molecule has 0 fully saturated rings. The fourth-order valence-corrected chi connectivity index (χ4v) is 2.95. The topological polar surface area (TPSA) is 116 Å². The monoisotopic (exact) mass is 299 g/mol.